The molecule has 24 heavy (non-hydrogen) atoms. The molecule has 0 aliphatic heterocycles. The standard InChI is InChI=1S/C21H36N2S/c1-14-11-15(20(5,6)7)12-16(21(8,9)10)17(14)23-18(24)22-13-19(2,3)4/h11-12H,13H2,1-10H3,(H2,22,23,24). The number of aryl methyl sites for hydroxylation is 1. The van der Waals surface area contributed by atoms with Crippen LogP contribution in [-0.4, -0.2) is 11.7 Å². The molecule has 2 N–H and O–H groups in total. The van der Waals surface area contributed by atoms with Crippen LogP contribution in [0.25, 0.3) is 0 Å². The molecule has 0 spiro atoms. The number of hydrogen-bond acceptors (Lipinski definition) is 1. The Morgan fingerprint density at radius 2 is 1.46 bits per heavy atom. The monoisotopic (exact) mass is 348 g/mol. The zero-order valence-corrected chi connectivity index (χ0v) is 18.1. The molecule has 1 aromatic rings. The smallest absolute Gasteiger partial charge is 0.170 e. The quantitative estimate of drug-likeness (QED) is 0.648. The van der Waals surface area contributed by atoms with Gasteiger partial charge >= 0.3 is 0 Å². The molecule has 0 aliphatic carbocycles. The van der Waals surface area contributed by atoms with E-state index in [0.717, 1.165) is 12.2 Å². The van der Waals surface area contributed by atoms with Gasteiger partial charge < -0.3 is 10.6 Å². The summed E-state index contributed by atoms with van der Waals surface area (Å²) in [6.07, 6.45) is 0. The summed E-state index contributed by atoms with van der Waals surface area (Å²) in [5.41, 5.74) is 5.44. The number of anilines is 1. The average Bonchev–Trinajstić information content (AvgIpc) is 2.35. The zero-order valence-electron chi connectivity index (χ0n) is 17.3. The summed E-state index contributed by atoms with van der Waals surface area (Å²) < 4.78 is 0. The van der Waals surface area contributed by atoms with E-state index in [0.29, 0.717) is 5.11 Å². The summed E-state index contributed by atoms with van der Waals surface area (Å²) in [4.78, 5) is 0. The van der Waals surface area contributed by atoms with E-state index in [2.05, 4.69) is 92.0 Å². The van der Waals surface area contributed by atoms with Gasteiger partial charge in [-0.25, -0.2) is 0 Å². The minimum absolute atomic E-state index is 0.0496. The van der Waals surface area contributed by atoms with Gasteiger partial charge in [-0.2, -0.15) is 0 Å². The van der Waals surface area contributed by atoms with Crippen molar-refractivity contribution in [2.45, 2.75) is 80.1 Å². The van der Waals surface area contributed by atoms with E-state index < -0.39 is 0 Å². The van der Waals surface area contributed by atoms with Crippen molar-refractivity contribution in [3.05, 3.63) is 28.8 Å². The summed E-state index contributed by atoms with van der Waals surface area (Å²) in [5.74, 6) is 0. The van der Waals surface area contributed by atoms with Crippen LogP contribution >= 0.6 is 12.2 Å². The molecule has 0 radical (unpaired) electrons. The first-order valence-electron chi connectivity index (χ1n) is 8.82. The molecule has 1 aromatic carbocycles. The van der Waals surface area contributed by atoms with Crippen LogP contribution in [0.3, 0.4) is 0 Å². The van der Waals surface area contributed by atoms with E-state index in [1.807, 2.05) is 0 Å². The predicted octanol–water partition coefficient (Wildman–Crippen LogP) is 5.92. The van der Waals surface area contributed by atoms with Gasteiger partial charge in [0.2, 0.25) is 0 Å². The van der Waals surface area contributed by atoms with Gasteiger partial charge in [-0.1, -0.05) is 74.4 Å². The highest BCUT2D eigenvalue weighted by atomic mass is 32.1. The lowest BCUT2D eigenvalue weighted by Crippen LogP contribution is -2.36. The number of nitrogens with one attached hydrogen (secondary N) is 2. The van der Waals surface area contributed by atoms with Crippen LogP contribution in [0, 0.1) is 12.3 Å². The highest BCUT2D eigenvalue weighted by molar-refractivity contribution is 7.80. The number of rotatable bonds is 2. The van der Waals surface area contributed by atoms with Crippen LogP contribution in [0.4, 0.5) is 5.69 Å². The fourth-order valence-corrected chi connectivity index (χ4v) is 2.66. The third-order valence-electron chi connectivity index (χ3n) is 4.03. The minimum Gasteiger partial charge on any atom is -0.362 e. The number of thiocarbonyl (C=S) groups is 1. The molecule has 136 valence electrons. The van der Waals surface area contributed by atoms with Gasteiger partial charge in [0.25, 0.3) is 0 Å². The SMILES string of the molecule is Cc1cc(C(C)(C)C)cc(C(C)(C)C)c1NC(=S)NCC(C)(C)C. The molecule has 0 aliphatic rings. The number of hydrogen-bond donors (Lipinski definition) is 2. The second-order valence-corrected chi connectivity index (χ2v) is 10.5. The molecule has 0 saturated heterocycles. The average molecular weight is 349 g/mol. The lowest BCUT2D eigenvalue weighted by Gasteiger charge is -2.30. The lowest BCUT2D eigenvalue weighted by molar-refractivity contribution is 0.409. The van der Waals surface area contributed by atoms with Crippen molar-refractivity contribution < 1.29 is 0 Å². The van der Waals surface area contributed by atoms with Gasteiger partial charge in [0, 0.05) is 12.2 Å². The van der Waals surface area contributed by atoms with E-state index in [1.54, 1.807) is 0 Å². The molecule has 0 saturated carbocycles. The second-order valence-electron chi connectivity index (χ2n) is 10.1. The maximum Gasteiger partial charge on any atom is 0.170 e. The van der Waals surface area contributed by atoms with Crippen molar-refractivity contribution in [2.24, 2.45) is 5.41 Å². The van der Waals surface area contributed by atoms with Crippen molar-refractivity contribution in [3.8, 4) is 0 Å². The molecule has 2 nitrogen and oxygen atoms in total. The molecule has 0 aromatic heterocycles. The van der Waals surface area contributed by atoms with Crippen molar-refractivity contribution in [3.63, 3.8) is 0 Å². The molecule has 3 heteroatoms. The van der Waals surface area contributed by atoms with Crippen LogP contribution in [0.5, 0.6) is 0 Å². The van der Waals surface area contributed by atoms with E-state index >= 15 is 0 Å². The van der Waals surface area contributed by atoms with Crippen LogP contribution in [0.2, 0.25) is 0 Å². The van der Waals surface area contributed by atoms with Gasteiger partial charge in [0.1, 0.15) is 0 Å². The van der Waals surface area contributed by atoms with Crippen LogP contribution in [-0.2, 0) is 10.8 Å². The number of benzene rings is 1. The summed E-state index contributed by atoms with van der Waals surface area (Å²) in [6.45, 7) is 23.2. The van der Waals surface area contributed by atoms with Crippen molar-refractivity contribution in [1.82, 2.24) is 5.32 Å². The fraction of sp³-hybridized carbons (Fsp3) is 0.667. The van der Waals surface area contributed by atoms with E-state index in [4.69, 9.17) is 12.2 Å². The van der Waals surface area contributed by atoms with Gasteiger partial charge in [-0.3, -0.25) is 0 Å². The fourth-order valence-electron chi connectivity index (χ4n) is 2.48. The molecule has 1 rings (SSSR count). The van der Waals surface area contributed by atoms with Gasteiger partial charge in [0.15, 0.2) is 5.11 Å². The molecule has 0 heterocycles. The van der Waals surface area contributed by atoms with Gasteiger partial charge in [-0.05, 0) is 52.1 Å². The first-order valence-corrected chi connectivity index (χ1v) is 9.22. The van der Waals surface area contributed by atoms with Crippen LogP contribution in [0.1, 0.15) is 79.0 Å². The Morgan fingerprint density at radius 1 is 0.917 bits per heavy atom. The van der Waals surface area contributed by atoms with Crippen molar-refractivity contribution >= 4 is 23.0 Å². The zero-order chi connectivity index (χ0) is 18.9. The topological polar surface area (TPSA) is 24.1 Å². The van der Waals surface area contributed by atoms with Gasteiger partial charge in [-0.15, -0.1) is 0 Å². The first kappa shape index (κ1) is 21.0. The third-order valence-corrected chi connectivity index (χ3v) is 4.27. The Labute approximate surface area is 154 Å². The molecule has 0 amide bonds. The highest BCUT2D eigenvalue weighted by Crippen LogP contribution is 2.36. The second kappa shape index (κ2) is 7.03. The molecule has 0 fully saturated rings. The maximum atomic E-state index is 5.53. The van der Waals surface area contributed by atoms with Crippen molar-refractivity contribution in [1.29, 1.82) is 0 Å². The third kappa shape index (κ3) is 6.08. The molecule has 0 unspecified atom stereocenters. The molecule has 0 atom stereocenters. The molecular formula is C21H36N2S. The Kier molecular flexibility index (Phi) is 6.14. The first-order chi connectivity index (χ1) is 10.6. The van der Waals surface area contributed by atoms with E-state index in [-0.39, 0.29) is 16.2 Å². The molecular weight excluding hydrogens is 312 g/mol. The summed E-state index contributed by atoms with van der Waals surface area (Å²) in [7, 11) is 0. The van der Waals surface area contributed by atoms with E-state index in [1.165, 1.54) is 16.7 Å². The normalized spacial score (nSPS) is 12.9. The predicted molar refractivity (Wildman–Crippen MR) is 112 cm³/mol. The minimum atomic E-state index is 0.0496. The Bertz CT molecular complexity index is 596. The highest BCUT2D eigenvalue weighted by Gasteiger charge is 2.24. The summed E-state index contributed by atoms with van der Waals surface area (Å²) >= 11 is 5.53. The Balaban J connectivity index is 3.21. The van der Waals surface area contributed by atoms with E-state index in [9.17, 15) is 0 Å². The molecule has 0 bridgehead atoms. The summed E-state index contributed by atoms with van der Waals surface area (Å²) in [6, 6.07) is 4.62. The van der Waals surface area contributed by atoms with Crippen molar-refractivity contribution in [2.75, 3.05) is 11.9 Å². The summed E-state index contributed by atoms with van der Waals surface area (Å²) in [5, 5.41) is 7.50. The van der Waals surface area contributed by atoms with Crippen LogP contribution in [0.15, 0.2) is 12.1 Å². The Morgan fingerprint density at radius 3 is 1.88 bits per heavy atom. The maximum absolute atomic E-state index is 5.53. The van der Waals surface area contributed by atoms with Gasteiger partial charge in [0.05, 0.1) is 0 Å². The van der Waals surface area contributed by atoms with Crippen LogP contribution < -0.4 is 10.6 Å². The lowest BCUT2D eigenvalue weighted by atomic mass is 9.78. The Hall–Kier alpha value is -1.09. The largest absolute Gasteiger partial charge is 0.362 e.